The lowest BCUT2D eigenvalue weighted by atomic mass is 9.97. The van der Waals surface area contributed by atoms with Crippen LogP contribution in [-0.4, -0.2) is 0 Å². The largest absolute Gasteiger partial charge is 0.238 e. The molecule has 0 bridgehead atoms. The highest BCUT2D eigenvalue weighted by Gasteiger charge is 2.28. The molecule has 0 fully saturated rings. The molecule has 0 N–H and O–H groups in total. The van der Waals surface area contributed by atoms with Crippen molar-refractivity contribution in [2.75, 3.05) is 0 Å². The van der Waals surface area contributed by atoms with Crippen molar-refractivity contribution in [3.63, 3.8) is 0 Å². The first-order valence-electron chi connectivity index (χ1n) is 14.0. The molecule has 0 amide bonds. The minimum absolute atomic E-state index is 0.0901. The Labute approximate surface area is 244 Å². The van der Waals surface area contributed by atoms with Gasteiger partial charge in [0, 0.05) is 0 Å². The zero-order valence-corrected chi connectivity index (χ0v) is 23.9. The first kappa shape index (κ1) is 28.8. The van der Waals surface area contributed by atoms with Crippen LogP contribution in [0, 0.1) is 24.5 Å². The molecule has 0 heterocycles. The highest BCUT2D eigenvalue weighted by Crippen LogP contribution is 2.44. The van der Waals surface area contributed by atoms with Crippen molar-refractivity contribution < 1.29 is 0 Å². The van der Waals surface area contributed by atoms with Gasteiger partial charge in [-0.25, -0.2) is 9.69 Å². The van der Waals surface area contributed by atoms with Crippen molar-refractivity contribution >= 4 is 22.1 Å². The molecular weight excluding hydrogens is 498 g/mol. The molecule has 5 aromatic carbocycles. The smallest absolute Gasteiger partial charge is 0.187 e. The van der Waals surface area contributed by atoms with E-state index in [1.165, 1.54) is 38.8 Å². The minimum Gasteiger partial charge on any atom is -0.238 e. The van der Waals surface area contributed by atoms with E-state index in [4.69, 9.17) is 13.1 Å². The zero-order valence-electron chi connectivity index (χ0n) is 23.9. The van der Waals surface area contributed by atoms with Crippen molar-refractivity contribution in [1.29, 1.82) is 5.26 Å². The van der Waals surface area contributed by atoms with Crippen molar-refractivity contribution in [3.05, 3.63) is 154 Å². The maximum Gasteiger partial charge on any atom is 0.187 e. The monoisotopic (exact) mass is 531 g/mol. The molecule has 1 aliphatic carbocycles. The molecular formula is C38H33N3. The van der Waals surface area contributed by atoms with Crippen LogP contribution in [0.3, 0.4) is 0 Å². The SMILES string of the molecule is CCc1ccc2c(c1)C(C#N)c1ccccc1-2.[C-]#[N+]c1ccc(CC)cc1.[C-]#[N+]c1ccc2cc(CC)ccc2c1. The third kappa shape index (κ3) is 6.70. The Hall–Kier alpha value is -5.17. The summed E-state index contributed by atoms with van der Waals surface area (Å²) in [6.07, 6.45) is 3.11. The summed E-state index contributed by atoms with van der Waals surface area (Å²) in [4.78, 5) is 6.71. The number of fused-ring (bicyclic) bond motifs is 4. The summed E-state index contributed by atoms with van der Waals surface area (Å²) < 4.78 is 0. The molecule has 1 atom stereocenters. The number of rotatable bonds is 3. The predicted molar refractivity (Wildman–Crippen MR) is 170 cm³/mol. The lowest BCUT2D eigenvalue weighted by Crippen LogP contribution is -1.93. The van der Waals surface area contributed by atoms with Gasteiger partial charge in [-0.05, 0) is 69.5 Å². The number of benzene rings is 5. The van der Waals surface area contributed by atoms with Crippen LogP contribution in [0.5, 0.6) is 0 Å². The molecule has 3 heteroatoms. The third-order valence-corrected chi connectivity index (χ3v) is 7.43. The predicted octanol–water partition coefficient (Wildman–Crippen LogP) is 10.6. The van der Waals surface area contributed by atoms with Crippen molar-refractivity contribution in [3.8, 4) is 17.2 Å². The maximum atomic E-state index is 9.37. The average Bonchev–Trinajstić information content (AvgIpc) is 3.37. The molecule has 1 aliphatic rings. The fraction of sp³-hybridized carbons (Fsp3) is 0.184. The van der Waals surface area contributed by atoms with Gasteiger partial charge >= 0.3 is 0 Å². The van der Waals surface area contributed by atoms with Crippen molar-refractivity contribution in [1.82, 2.24) is 0 Å². The second-order valence-corrected chi connectivity index (χ2v) is 9.89. The van der Waals surface area contributed by atoms with E-state index >= 15 is 0 Å². The van der Waals surface area contributed by atoms with Crippen molar-refractivity contribution in [2.45, 2.75) is 46.0 Å². The van der Waals surface area contributed by atoms with Crippen LogP contribution in [-0.2, 0) is 19.3 Å². The molecule has 5 aromatic rings. The lowest BCUT2D eigenvalue weighted by molar-refractivity contribution is 1.06. The van der Waals surface area contributed by atoms with Crippen LogP contribution in [0.4, 0.5) is 11.4 Å². The van der Waals surface area contributed by atoms with Gasteiger partial charge in [-0.3, -0.25) is 0 Å². The van der Waals surface area contributed by atoms with Gasteiger partial charge in [0.1, 0.15) is 0 Å². The summed E-state index contributed by atoms with van der Waals surface area (Å²) in [7, 11) is 0. The number of hydrogen-bond donors (Lipinski definition) is 0. The molecule has 1 unspecified atom stereocenters. The summed E-state index contributed by atoms with van der Waals surface area (Å²) in [5.74, 6) is -0.0901. The van der Waals surface area contributed by atoms with E-state index in [0.717, 1.165) is 35.9 Å². The van der Waals surface area contributed by atoms with Crippen LogP contribution in [0.15, 0.2) is 103 Å². The average molecular weight is 532 g/mol. The summed E-state index contributed by atoms with van der Waals surface area (Å²) in [6.45, 7) is 20.0. The fourth-order valence-corrected chi connectivity index (χ4v) is 5.00. The van der Waals surface area contributed by atoms with Gasteiger partial charge in [0.05, 0.1) is 25.1 Å². The van der Waals surface area contributed by atoms with Gasteiger partial charge in [-0.2, -0.15) is 5.26 Å². The van der Waals surface area contributed by atoms with Crippen molar-refractivity contribution in [2.24, 2.45) is 0 Å². The molecule has 0 saturated heterocycles. The Morgan fingerprint density at radius 3 is 1.78 bits per heavy atom. The van der Waals surface area contributed by atoms with Gasteiger partial charge in [0.2, 0.25) is 0 Å². The van der Waals surface area contributed by atoms with Gasteiger partial charge in [0.25, 0.3) is 0 Å². The first-order chi connectivity index (χ1) is 20.0. The van der Waals surface area contributed by atoms with E-state index in [-0.39, 0.29) is 5.92 Å². The van der Waals surface area contributed by atoms with E-state index < -0.39 is 0 Å². The molecule has 0 saturated carbocycles. The standard InChI is InChI=1S/C16H13N.C13H11N.C9H9N/c1-2-11-7-8-14-12-5-3-4-6-13(12)16(10-17)15(14)9-11;1-3-10-4-5-12-9-13(14-2)7-6-11(12)8-10;1-3-8-4-6-9(10-2)7-5-8/h3-9,16H,2H2,1H3;4-9H,3H2,1H3;4-7H,3H2,1H3. The Morgan fingerprint density at radius 2 is 1.12 bits per heavy atom. The minimum atomic E-state index is -0.0901. The van der Waals surface area contributed by atoms with Crippen LogP contribution in [0.25, 0.3) is 31.6 Å². The maximum absolute atomic E-state index is 9.37. The van der Waals surface area contributed by atoms with E-state index in [0.29, 0.717) is 5.69 Å². The van der Waals surface area contributed by atoms with E-state index in [2.05, 4.69) is 85.1 Å². The molecule has 0 aromatic heterocycles. The quantitative estimate of drug-likeness (QED) is 0.213. The van der Waals surface area contributed by atoms with Crippen LogP contribution >= 0.6 is 0 Å². The van der Waals surface area contributed by atoms with E-state index in [1.54, 1.807) is 0 Å². The summed E-state index contributed by atoms with van der Waals surface area (Å²) in [5.41, 5.74) is 10.1. The van der Waals surface area contributed by atoms with Gasteiger partial charge in [0.15, 0.2) is 11.4 Å². The van der Waals surface area contributed by atoms with E-state index in [9.17, 15) is 5.26 Å². The summed E-state index contributed by atoms with van der Waals surface area (Å²) in [5, 5.41) is 11.7. The Bertz CT molecular complexity index is 1780. The summed E-state index contributed by atoms with van der Waals surface area (Å²) in [6, 6.07) is 37.1. The molecule has 3 nitrogen and oxygen atoms in total. The molecule has 0 spiro atoms. The third-order valence-electron chi connectivity index (χ3n) is 7.43. The number of aryl methyl sites for hydroxylation is 3. The van der Waals surface area contributed by atoms with Gasteiger partial charge < -0.3 is 0 Å². The molecule has 0 aliphatic heterocycles. The number of hydrogen-bond acceptors (Lipinski definition) is 1. The van der Waals surface area contributed by atoms with Gasteiger partial charge in [-0.15, -0.1) is 0 Å². The highest BCUT2D eigenvalue weighted by molar-refractivity contribution is 5.86. The first-order valence-corrected chi connectivity index (χ1v) is 14.0. The van der Waals surface area contributed by atoms with E-state index in [1.807, 2.05) is 54.6 Å². The highest BCUT2D eigenvalue weighted by atomic mass is 14.6. The zero-order chi connectivity index (χ0) is 29.2. The second-order valence-electron chi connectivity index (χ2n) is 9.89. The topological polar surface area (TPSA) is 32.5 Å². The Balaban J connectivity index is 0.000000147. The Morgan fingerprint density at radius 1 is 0.585 bits per heavy atom. The number of nitriles is 1. The van der Waals surface area contributed by atoms with Crippen LogP contribution < -0.4 is 0 Å². The molecule has 200 valence electrons. The fourth-order valence-electron chi connectivity index (χ4n) is 5.00. The molecule has 41 heavy (non-hydrogen) atoms. The van der Waals surface area contributed by atoms with Crippen LogP contribution in [0.2, 0.25) is 0 Å². The second kappa shape index (κ2) is 13.8. The lowest BCUT2D eigenvalue weighted by Gasteiger charge is -2.05. The normalized spacial score (nSPS) is 12.2. The Kier molecular flexibility index (Phi) is 9.67. The number of nitrogens with zero attached hydrogens (tertiary/aromatic N) is 3. The van der Waals surface area contributed by atoms with Crippen LogP contribution in [0.1, 0.15) is 54.5 Å². The molecule has 0 radical (unpaired) electrons. The van der Waals surface area contributed by atoms with Gasteiger partial charge in [-0.1, -0.05) is 123 Å². The summed E-state index contributed by atoms with van der Waals surface area (Å²) >= 11 is 0. The molecule has 6 rings (SSSR count).